The molecule has 1 aromatic heterocycles. The van der Waals surface area contributed by atoms with E-state index in [1.165, 1.54) is 6.07 Å². The van der Waals surface area contributed by atoms with E-state index in [1.807, 2.05) is 30.3 Å². The van der Waals surface area contributed by atoms with Crippen LogP contribution in [0.1, 0.15) is 5.56 Å². The summed E-state index contributed by atoms with van der Waals surface area (Å²) in [6.07, 6.45) is -0.641. The van der Waals surface area contributed by atoms with Crippen molar-refractivity contribution in [3.05, 3.63) is 64.4 Å². The summed E-state index contributed by atoms with van der Waals surface area (Å²) in [6, 6.07) is 14.0. The first-order valence-electron chi connectivity index (χ1n) is 6.88. The van der Waals surface area contributed by atoms with Gasteiger partial charge in [-0.3, -0.25) is 5.32 Å². The van der Waals surface area contributed by atoms with Gasteiger partial charge in [0.25, 0.3) is 0 Å². The highest BCUT2D eigenvalue weighted by molar-refractivity contribution is 9.10. The van der Waals surface area contributed by atoms with E-state index in [1.54, 1.807) is 12.1 Å². The molecule has 0 saturated heterocycles. The lowest BCUT2D eigenvalue weighted by atomic mass is 10.2. The second-order valence-electron chi connectivity index (χ2n) is 4.72. The number of benzene rings is 2. The average Bonchev–Trinajstić information content (AvgIpc) is 3.02. The maximum atomic E-state index is 13.9. The van der Waals surface area contributed by atoms with Gasteiger partial charge in [-0.15, -0.1) is 10.2 Å². The van der Waals surface area contributed by atoms with Crippen molar-refractivity contribution < 1.29 is 13.9 Å². The Kier molecular flexibility index (Phi) is 5.17. The lowest BCUT2D eigenvalue weighted by molar-refractivity contribution is 0.155. The first-order chi connectivity index (χ1) is 11.6. The molecule has 0 spiro atoms. The molecule has 122 valence electrons. The monoisotopic (exact) mass is 407 g/mol. The zero-order valence-corrected chi connectivity index (χ0v) is 14.6. The fourth-order valence-electron chi connectivity index (χ4n) is 1.89. The van der Waals surface area contributed by atoms with Gasteiger partial charge >= 0.3 is 6.09 Å². The highest BCUT2D eigenvalue weighted by Gasteiger charge is 2.13. The Balaban J connectivity index is 1.62. The maximum absolute atomic E-state index is 13.9. The SMILES string of the molecule is O=C(Nc1nnc(-c2ccc(Br)cc2F)s1)OCc1ccccc1. The Hall–Kier alpha value is -2.32. The number of anilines is 1. The van der Waals surface area contributed by atoms with Crippen LogP contribution >= 0.6 is 27.3 Å². The van der Waals surface area contributed by atoms with Crippen molar-refractivity contribution in [3.63, 3.8) is 0 Å². The van der Waals surface area contributed by atoms with Crippen molar-refractivity contribution in [1.29, 1.82) is 0 Å². The van der Waals surface area contributed by atoms with Crippen LogP contribution < -0.4 is 5.32 Å². The van der Waals surface area contributed by atoms with Gasteiger partial charge in [-0.1, -0.05) is 57.6 Å². The van der Waals surface area contributed by atoms with Crippen LogP contribution in [0, 0.1) is 5.82 Å². The quantitative estimate of drug-likeness (QED) is 0.670. The smallest absolute Gasteiger partial charge is 0.413 e. The minimum absolute atomic E-state index is 0.152. The molecule has 8 heteroatoms. The Morgan fingerprint density at radius 3 is 2.75 bits per heavy atom. The van der Waals surface area contributed by atoms with Gasteiger partial charge in [0.05, 0.1) is 0 Å². The van der Waals surface area contributed by atoms with E-state index in [0.29, 0.717) is 15.0 Å². The number of aromatic nitrogens is 2. The molecule has 3 aromatic rings. The van der Waals surface area contributed by atoms with Gasteiger partial charge in [-0.2, -0.15) is 0 Å². The summed E-state index contributed by atoms with van der Waals surface area (Å²) in [7, 11) is 0. The minimum atomic E-state index is -0.641. The second kappa shape index (κ2) is 7.50. The standard InChI is InChI=1S/C16H11BrFN3O2S/c17-11-6-7-12(13(18)8-11)14-20-21-15(24-14)19-16(22)23-9-10-4-2-1-3-5-10/h1-8H,9H2,(H,19,21,22). The van der Waals surface area contributed by atoms with Crippen molar-refractivity contribution in [2.45, 2.75) is 6.61 Å². The lowest BCUT2D eigenvalue weighted by Gasteiger charge is -2.04. The van der Waals surface area contributed by atoms with Crippen LogP contribution in [0.3, 0.4) is 0 Å². The molecule has 3 rings (SSSR count). The number of rotatable bonds is 4. The Morgan fingerprint density at radius 1 is 1.21 bits per heavy atom. The topological polar surface area (TPSA) is 64.1 Å². The zero-order valence-electron chi connectivity index (χ0n) is 12.2. The number of amides is 1. The molecule has 24 heavy (non-hydrogen) atoms. The summed E-state index contributed by atoms with van der Waals surface area (Å²) in [6.45, 7) is 0.152. The van der Waals surface area contributed by atoms with E-state index in [9.17, 15) is 9.18 Å². The van der Waals surface area contributed by atoms with Crippen LogP contribution in [0.4, 0.5) is 14.3 Å². The number of nitrogens with zero attached hydrogens (tertiary/aromatic N) is 2. The predicted molar refractivity (Wildman–Crippen MR) is 93.3 cm³/mol. The Morgan fingerprint density at radius 2 is 2.00 bits per heavy atom. The summed E-state index contributed by atoms with van der Waals surface area (Å²) in [5.74, 6) is -0.418. The van der Waals surface area contributed by atoms with Gasteiger partial charge in [0.15, 0.2) is 5.01 Å². The van der Waals surface area contributed by atoms with E-state index < -0.39 is 11.9 Å². The molecule has 1 heterocycles. The van der Waals surface area contributed by atoms with Gasteiger partial charge in [0.1, 0.15) is 12.4 Å². The van der Waals surface area contributed by atoms with Gasteiger partial charge in [-0.25, -0.2) is 9.18 Å². The van der Waals surface area contributed by atoms with Crippen molar-refractivity contribution in [1.82, 2.24) is 10.2 Å². The van der Waals surface area contributed by atoms with E-state index in [-0.39, 0.29) is 11.7 Å². The number of hydrogen-bond donors (Lipinski definition) is 1. The van der Waals surface area contributed by atoms with Crippen LogP contribution in [-0.4, -0.2) is 16.3 Å². The summed E-state index contributed by atoms with van der Waals surface area (Å²) >= 11 is 4.26. The summed E-state index contributed by atoms with van der Waals surface area (Å²) < 4.78 is 19.6. The van der Waals surface area contributed by atoms with Gasteiger partial charge in [0, 0.05) is 10.0 Å². The van der Waals surface area contributed by atoms with Crippen molar-refractivity contribution in [3.8, 4) is 10.6 Å². The molecule has 0 atom stereocenters. The Bertz CT molecular complexity index is 858. The van der Waals surface area contributed by atoms with E-state index >= 15 is 0 Å². The first-order valence-corrected chi connectivity index (χ1v) is 8.49. The first kappa shape index (κ1) is 16.5. The van der Waals surface area contributed by atoms with Crippen LogP contribution in [0.5, 0.6) is 0 Å². The van der Waals surface area contributed by atoms with Crippen LogP contribution in [0.15, 0.2) is 53.0 Å². The predicted octanol–water partition coefficient (Wildman–Crippen LogP) is 4.86. The number of nitrogens with one attached hydrogen (secondary N) is 1. The van der Waals surface area contributed by atoms with Gasteiger partial charge in [-0.05, 0) is 23.8 Å². The zero-order chi connectivity index (χ0) is 16.9. The van der Waals surface area contributed by atoms with Gasteiger partial charge < -0.3 is 4.74 Å². The average molecular weight is 408 g/mol. The summed E-state index contributed by atoms with van der Waals surface area (Å²) in [4.78, 5) is 11.8. The molecule has 5 nitrogen and oxygen atoms in total. The largest absolute Gasteiger partial charge is 0.444 e. The van der Waals surface area contributed by atoms with Crippen LogP contribution in [0.2, 0.25) is 0 Å². The molecule has 0 radical (unpaired) electrons. The normalized spacial score (nSPS) is 10.4. The lowest BCUT2D eigenvalue weighted by Crippen LogP contribution is -2.13. The van der Waals surface area contributed by atoms with E-state index in [0.717, 1.165) is 16.9 Å². The highest BCUT2D eigenvalue weighted by Crippen LogP contribution is 2.30. The summed E-state index contributed by atoms with van der Waals surface area (Å²) in [5, 5.41) is 10.8. The number of carbonyl (C=O) groups excluding carboxylic acids is 1. The molecule has 0 unspecified atom stereocenters. The fourth-order valence-corrected chi connectivity index (χ4v) is 2.98. The number of ether oxygens (including phenoxy) is 1. The second-order valence-corrected chi connectivity index (χ2v) is 6.62. The highest BCUT2D eigenvalue weighted by atomic mass is 79.9. The molecule has 0 aliphatic heterocycles. The van der Waals surface area contributed by atoms with Crippen molar-refractivity contribution >= 4 is 38.5 Å². The number of carbonyl (C=O) groups is 1. The van der Waals surface area contributed by atoms with Gasteiger partial charge in [0.2, 0.25) is 5.13 Å². The van der Waals surface area contributed by atoms with Crippen LogP contribution in [-0.2, 0) is 11.3 Å². The van der Waals surface area contributed by atoms with Crippen LogP contribution in [0.25, 0.3) is 10.6 Å². The molecule has 0 fully saturated rings. The molecule has 0 aliphatic rings. The minimum Gasteiger partial charge on any atom is -0.444 e. The molecule has 0 bridgehead atoms. The third-order valence-corrected chi connectivity index (χ3v) is 4.37. The summed E-state index contributed by atoms with van der Waals surface area (Å²) in [5.41, 5.74) is 1.20. The number of hydrogen-bond acceptors (Lipinski definition) is 5. The van der Waals surface area contributed by atoms with E-state index in [2.05, 4.69) is 31.4 Å². The third kappa shape index (κ3) is 4.15. The third-order valence-electron chi connectivity index (χ3n) is 3.01. The molecule has 2 aromatic carbocycles. The fraction of sp³-hybridized carbons (Fsp3) is 0.0625. The molecule has 1 amide bonds. The molecule has 1 N–H and O–H groups in total. The Labute approximate surface area is 149 Å². The number of halogens is 2. The maximum Gasteiger partial charge on any atom is 0.413 e. The molecule has 0 saturated carbocycles. The van der Waals surface area contributed by atoms with Crippen molar-refractivity contribution in [2.75, 3.05) is 5.32 Å². The van der Waals surface area contributed by atoms with E-state index in [4.69, 9.17) is 4.74 Å². The molecular weight excluding hydrogens is 397 g/mol. The molecular formula is C16H11BrFN3O2S. The van der Waals surface area contributed by atoms with Crippen molar-refractivity contribution in [2.24, 2.45) is 0 Å². The molecule has 0 aliphatic carbocycles.